The molecular weight excluding hydrogens is 214 g/mol. The van der Waals surface area contributed by atoms with Gasteiger partial charge >= 0.3 is 0 Å². The number of aliphatic hydroxyl groups is 1. The Morgan fingerprint density at radius 3 is 2.82 bits per heavy atom. The van der Waals surface area contributed by atoms with Crippen LogP contribution in [0, 0.1) is 35.0 Å². The van der Waals surface area contributed by atoms with Crippen molar-refractivity contribution in [2.45, 2.75) is 38.7 Å². The topological polar surface area (TPSA) is 61.1 Å². The molecule has 2 aliphatic carbocycles. The molecule has 2 saturated carbocycles. The second kappa shape index (κ2) is 3.96. The van der Waals surface area contributed by atoms with Gasteiger partial charge in [0, 0.05) is 6.42 Å². The molecule has 0 unspecified atom stereocenters. The number of hydrogen-bond donors (Lipinski definition) is 1. The fraction of sp³-hybridized carbons (Fsp3) is 0.714. The third kappa shape index (κ3) is 1.81. The highest BCUT2D eigenvalue weighted by molar-refractivity contribution is 5.85. The lowest BCUT2D eigenvalue weighted by Crippen LogP contribution is -2.55. The zero-order valence-electron chi connectivity index (χ0n) is 10.4. The Kier molecular flexibility index (Phi) is 2.87. The molecule has 0 aromatic rings. The van der Waals surface area contributed by atoms with Crippen LogP contribution in [0.15, 0.2) is 12.2 Å². The molecule has 0 spiro atoms. The van der Waals surface area contributed by atoms with Crippen LogP contribution < -0.4 is 0 Å². The molecule has 0 amide bonds. The van der Waals surface area contributed by atoms with Crippen molar-refractivity contribution in [3.63, 3.8) is 0 Å². The van der Waals surface area contributed by atoms with Crippen LogP contribution in [0.3, 0.4) is 0 Å². The average Bonchev–Trinajstić information content (AvgIpc) is 2.22. The highest BCUT2D eigenvalue weighted by atomic mass is 16.3. The number of Topliss-reactive ketones (excluding diaryl/α,β-unsaturated/α-hetero) is 1. The predicted octanol–water partition coefficient (Wildman–Crippen LogP) is 2.07. The van der Waals surface area contributed by atoms with Crippen LogP contribution in [0.2, 0.25) is 0 Å². The molecule has 5 atom stereocenters. The lowest BCUT2D eigenvalue weighted by Gasteiger charge is -2.51. The van der Waals surface area contributed by atoms with Crippen LogP contribution in [0.1, 0.15) is 33.1 Å². The molecule has 3 heteroatoms. The maximum atomic E-state index is 11.9. The van der Waals surface area contributed by atoms with Crippen molar-refractivity contribution in [1.29, 1.82) is 5.26 Å². The van der Waals surface area contributed by atoms with Crippen LogP contribution in [0.4, 0.5) is 0 Å². The SMILES string of the molecule is C=C(C)[C@@H]1C[C@H]2[C@@H](C#N)C(=O)C[C@@](O)(C1)[C@H]2C. The lowest BCUT2D eigenvalue weighted by atomic mass is 9.55. The summed E-state index contributed by atoms with van der Waals surface area (Å²) in [6, 6.07) is 2.13. The molecule has 17 heavy (non-hydrogen) atoms. The third-order valence-electron chi connectivity index (χ3n) is 4.74. The summed E-state index contributed by atoms with van der Waals surface area (Å²) in [7, 11) is 0. The van der Waals surface area contributed by atoms with E-state index in [0.29, 0.717) is 6.42 Å². The smallest absolute Gasteiger partial charge is 0.153 e. The second-order valence-electron chi connectivity index (χ2n) is 5.79. The number of hydrogen-bond acceptors (Lipinski definition) is 3. The van der Waals surface area contributed by atoms with Crippen molar-refractivity contribution >= 4 is 5.78 Å². The number of nitriles is 1. The van der Waals surface area contributed by atoms with Crippen molar-refractivity contribution in [3.8, 4) is 6.07 Å². The van der Waals surface area contributed by atoms with Crippen molar-refractivity contribution in [3.05, 3.63) is 12.2 Å². The standard InChI is InChI=1S/C14H19NO2/c1-8(2)10-4-11-9(3)14(17,5-10)6-13(16)12(11)7-15/h9-12,17H,1,4-6H2,2-3H3/t9-,10+,11+,12+,14-/m0/s1. The minimum absolute atomic E-state index is 0.0123. The lowest BCUT2D eigenvalue weighted by molar-refractivity contribution is -0.154. The van der Waals surface area contributed by atoms with E-state index in [1.807, 2.05) is 13.8 Å². The normalized spacial score (nSPS) is 45.2. The van der Waals surface area contributed by atoms with Crippen molar-refractivity contribution < 1.29 is 9.90 Å². The van der Waals surface area contributed by atoms with Gasteiger partial charge in [-0.2, -0.15) is 5.26 Å². The van der Waals surface area contributed by atoms with Crippen molar-refractivity contribution in [1.82, 2.24) is 0 Å². The molecule has 0 heterocycles. The third-order valence-corrected chi connectivity index (χ3v) is 4.74. The second-order valence-corrected chi connectivity index (χ2v) is 5.79. The van der Waals surface area contributed by atoms with Crippen LogP contribution in [-0.2, 0) is 4.79 Å². The number of carbonyl (C=O) groups is 1. The van der Waals surface area contributed by atoms with E-state index in [1.54, 1.807) is 0 Å². The quantitative estimate of drug-likeness (QED) is 0.705. The summed E-state index contributed by atoms with van der Waals surface area (Å²) < 4.78 is 0. The number of nitrogens with zero attached hydrogens (tertiary/aromatic N) is 1. The molecule has 0 aromatic heterocycles. The predicted molar refractivity (Wildman–Crippen MR) is 63.9 cm³/mol. The number of carbonyl (C=O) groups excluding carboxylic acids is 1. The van der Waals surface area contributed by atoms with Gasteiger partial charge in [-0.25, -0.2) is 0 Å². The average molecular weight is 233 g/mol. The van der Waals surface area contributed by atoms with Crippen molar-refractivity contribution in [2.75, 3.05) is 0 Å². The molecule has 2 rings (SSSR count). The molecule has 0 aromatic carbocycles. The van der Waals surface area contributed by atoms with Gasteiger partial charge < -0.3 is 5.11 Å². The summed E-state index contributed by atoms with van der Waals surface area (Å²) >= 11 is 0. The summed E-state index contributed by atoms with van der Waals surface area (Å²) in [6.07, 6.45) is 1.55. The van der Waals surface area contributed by atoms with E-state index < -0.39 is 11.5 Å². The van der Waals surface area contributed by atoms with Crippen LogP contribution in [0.5, 0.6) is 0 Å². The Bertz CT molecular complexity index is 409. The molecule has 1 N–H and O–H groups in total. The Morgan fingerprint density at radius 2 is 2.29 bits per heavy atom. The number of rotatable bonds is 1. The van der Waals surface area contributed by atoms with Gasteiger partial charge in [-0.05, 0) is 37.5 Å². The van der Waals surface area contributed by atoms with E-state index in [4.69, 9.17) is 5.26 Å². The molecule has 92 valence electrons. The van der Waals surface area contributed by atoms with E-state index in [1.165, 1.54) is 0 Å². The summed E-state index contributed by atoms with van der Waals surface area (Å²) in [5.41, 5.74) is 0.128. The maximum absolute atomic E-state index is 11.9. The Labute approximate surface area is 102 Å². The summed E-state index contributed by atoms with van der Waals surface area (Å²) in [6.45, 7) is 7.88. The van der Waals surface area contributed by atoms with E-state index in [-0.39, 0.29) is 30.0 Å². The first-order valence-electron chi connectivity index (χ1n) is 6.19. The number of fused-ring (bicyclic) bond motifs is 2. The molecule has 0 saturated heterocycles. The van der Waals surface area contributed by atoms with Crippen LogP contribution in [0.25, 0.3) is 0 Å². The van der Waals surface area contributed by atoms with Gasteiger partial charge in [0.2, 0.25) is 0 Å². The zero-order chi connectivity index (χ0) is 12.8. The molecule has 2 fully saturated rings. The Hall–Kier alpha value is -1.14. The molecule has 0 radical (unpaired) electrons. The van der Waals surface area contributed by atoms with E-state index in [9.17, 15) is 9.90 Å². The monoisotopic (exact) mass is 233 g/mol. The van der Waals surface area contributed by atoms with E-state index in [2.05, 4.69) is 12.6 Å². The minimum Gasteiger partial charge on any atom is -0.389 e. The summed E-state index contributed by atoms with van der Waals surface area (Å²) in [4.78, 5) is 11.9. The van der Waals surface area contributed by atoms with Gasteiger partial charge in [0.1, 0.15) is 5.92 Å². The van der Waals surface area contributed by atoms with Gasteiger partial charge in [0.25, 0.3) is 0 Å². The van der Waals surface area contributed by atoms with Crippen LogP contribution in [-0.4, -0.2) is 16.5 Å². The first-order chi connectivity index (χ1) is 7.89. The van der Waals surface area contributed by atoms with Crippen molar-refractivity contribution in [2.24, 2.45) is 23.7 Å². The number of allylic oxidation sites excluding steroid dienone is 1. The molecule has 2 aliphatic rings. The molecule has 3 nitrogen and oxygen atoms in total. The largest absolute Gasteiger partial charge is 0.389 e. The Balaban J connectivity index is 2.35. The van der Waals surface area contributed by atoms with Gasteiger partial charge in [-0.15, -0.1) is 0 Å². The van der Waals surface area contributed by atoms with E-state index in [0.717, 1.165) is 12.0 Å². The maximum Gasteiger partial charge on any atom is 0.153 e. The highest BCUT2D eigenvalue weighted by Gasteiger charge is 2.54. The van der Waals surface area contributed by atoms with E-state index >= 15 is 0 Å². The summed E-state index contributed by atoms with van der Waals surface area (Å²) in [5.74, 6) is -0.363. The first kappa shape index (κ1) is 12.3. The molecule has 0 aliphatic heterocycles. The zero-order valence-corrected chi connectivity index (χ0v) is 10.4. The molecular formula is C14H19NO2. The highest BCUT2D eigenvalue weighted by Crippen LogP contribution is 2.51. The van der Waals surface area contributed by atoms with Gasteiger partial charge in [0.15, 0.2) is 5.78 Å². The fourth-order valence-corrected chi connectivity index (χ4v) is 3.48. The van der Waals surface area contributed by atoms with Crippen LogP contribution >= 0.6 is 0 Å². The van der Waals surface area contributed by atoms with Gasteiger partial charge in [0.05, 0.1) is 11.7 Å². The van der Waals surface area contributed by atoms with Gasteiger partial charge in [-0.1, -0.05) is 19.1 Å². The van der Waals surface area contributed by atoms with Gasteiger partial charge in [-0.3, -0.25) is 4.79 Å². The minimum atomic E-state index is -0.920. The summed E-state index contributed by atoms with van der Waals surface area (Å²) in [5, 5.41) is 19.7. The molecule has 2 bridgehead atoms. The number of ketones is 1. The fourth-order valence-electron chi connectivity index (χ4n) is 3.48. The Morgan fingerprint density at radius 1 is 1.65 bits per heavy atom. The first-order valence-corrected chi connectivity index (χ1v) is 6.19.